The predicted molar refractivity (Wildman–Crippen MR) is 62.7 cm³/mol. The lowest BCUT2D eigenvalue weighted by molar-refractivity contribution is 0.548. The van der Waals surface area contributed by atoms with Gasteiger partial charge in [0, 0.05) is 17.5 Å². The Bertz CT molecular complexity index is 469. The van der Waals surface area contributed by atoms with Crippen molar-refractivity contribution in [3.8, 4) is 0 Å². The minimum absolute atomic E-state index is 0.0444. The first-order valence-electron chi connectivity index (χ1n) is 5.33. The molecule has 1 aromatic carbocycles. The SMILES string of the molecule is CC(N)c1cccc2cnn(C(C)C)c12. The average molecular weight is 203 g/mol. The molecule has 0 aliphatic rings. The fourth-order valence-corrected chi connectivity index (χ4v) is 1.89. The number of hydrogen-bond donors (Lipinski definition) is 1. The molecule has 0 saturated heterocycles. The topological polar surface area (TPSA) is 43.8 Å². The molecule has 3 nitrogen and oxygen atoms in total. The maximum atomic E-state index is 5.97. The largest absolute Gasteiger partial charge is 0.324 e. The van der Waals surface area contributed by atoms with Crippen LogP contribution in [0.2, 0.25) is 0 Å². The zero-order valence-corrected chi connectivity index (χ0v) is 9.44. The van der Waals surface area contributed by atoms with Crippen LogP contribution in [-0.4, -0.2) is 9.78 Å². The number of nitrogens with two attached hydrogens (primary N) is 1. The second-order valence-corrected chi connectivity index (χ2v) is 4.26. The van der Waals surface area contributed by atoms with Crippen molar-refractivity contribution >= 4 is 10.9 Å². The molecule has 1 unspecified atom stereocenters. The number of para-hydroxylation sites is 1. The smallest absolute Gasteiger partial charge is 0.0733 e. The number of hydrogen-bond acceptors (Lipinski definition) is 2. The molecule has 0 aliphatic carbocycles. The van der Waals surface area contributed by atoms with Gasteiger partial charge in [-0.1, -0.05) is 18.2 Å². The first-order valence-corrected chi connectivity index (χ1v) is 5.33. The number of benzene rings is 1. The molecule has 2 rings (SSSR count). The minimum Gasteiger partial charge on any atom is -0.324 e. The lowest BCUT2D eigenvalue weighted by Crippen LogP contribution is -2.09. The van der Waals surface area contributed by atoms with Gasteiger partial charge in [0.05, 0.1) is 11.7 Å². The molecule has 1 heterocycles. The van der Waals surface area contributed by atoms with Gasteiger partial charge in [0.25, 0.3) is 0 Å². The van der Waals surface area contributed by atoms with Crippen LogP contribution in [0.25, 0.3) is 10.9 Å². The van der Waals surface area contributed by atoms with Crippen LogP contribution in [0.4, 0.5) is 0 Å². The zero-order valence-electron chi connectivity index (χ0n) is 9.44. The maximum absolute atomic E-state index is 5.97. The van der Waals surface area contributed by atoms with Crippen molar-refractivity contribution in [2.45, 2.75) is 32.9 Å². The average Bonchev–Trinajstić information content (AvgIpc) is 2.60. The summed E-state index contributed by atoms with van der Waals surface area (Å²) in [6.45, 7) is 6.27. The molecule has 2 N–H and O–H groups in total. The van der Waals surface area contributed by atoms with Gasteiger partial charge >= 0.3 is 0 Å². The standard InChI is InChI=1S/C12H17N3/c1-8(2)15-12-10(7-14-15)5-4-6-11(12)9(3)13/h4-9H,13H2,1-3H3. The molecule has 1 aromatic heterocycles. The maximum Gasteiger partial charge on any atom is 0.0733 e. The normalized spacial score (nSPS) is 13.7. The lowest BCUT2D eigenvalue weighted by atomic mass is 10.1. The molecule has 0 amide bonds. The fraction of sp³-hybridized carbons (Fsp3) is 0.417. The summed E-state index contributed by atoms with van der Waals surface area (Å²) in [5, 5.41) is 5.56. The molecule has 0 aliphatic heterocycles. The number of rotatable bonds is 2. The molecule has 3 heteroatoms. The van der Waals surface area contributed by atoms with E-state index in [0.29, 0.717) is 6.04 Å². The Labute approximate surface area is 89.9 Å². The van der Waals surface area contributed by atoms with Gasteiger partial charge in [-0.05, 0) is 26.3 Å². The van der Waals surface area contributed by atoms with Crippen LogP contribution in [0, 0.1) is 0 Å². The quantitative estimate of drug-likeness (QED) is 0.815. The van der Waals surface area contributed by atoms with E-state index < -0.39 is 0 Å². The van der Waals surface area contributed by atoms with E-state index in [1.807, 2.05) is 23.9 Å². The van der Waals surface area contributed by atoms with Gasteiger partial charge in [0.15, 0.2) is 0 Å². The number of nitrogens with zero attached hydrogens (tertiary/aromatic N) is 2. The van der Waals surface area contributed by atoms with Crippen molar-refractivity contribution in [2.24, 2.45) is 5.73 Å². The van der Waals surface area contributed by atoms with Crippen LogP contribution in [0.1, 0.15) is 38.4 Å². The van der Waals surface area contributed by atoms with Gasteiger partial charge < -0.3 is 5.73 Å². The first kappa shape index (κ1) is 10.2. The van der Waals surface area contributed by atoms with E-state index >= 15 is 0 Å². The molecule has 1 atom stereocenters. The lowest BCUT2D eigenvalue weighted by Gasteiger charge is -2.13. The second-order valence-electron chi connectivity index (χ2n) is 4.26. The highest BCUT2D eigenvalue weighted by molar-refractivity contribution is 5.82. The van der Waals surface area contributed by atoms with Gasteiger partial charge in [-0.3, -0.25) is 4.68 Å². The monoisotopic (exact) mass is 203 g/mol. The Balaban J connectivity index is 2.75. The summed E-state index contributed by atoms with van der Waals surface area (Å²) in [5.74, 6) is 0. The summed E-state index contributed by atoms with van der Waals surface area (Å²) in [7, 11) is 0. The van der Waals surface area contributed by atoms with E-state index in [1.54, 1.807) is 0 Å². The summed E-state index contributed by atoms with van der Waals surface area (Å²) in [6.07, 6.45) is 1.90. The van der Waals surface area contributed by atoms with E-state index in [1.165, 1.54) is 16.5 Å². The second kappa shape index (κ2) is 3.66. The van der Waals surface area contributed by atoms with E-state index in [2.05, 4.69) is 31.1 Å². The van der Waals surface area contributed by atoms with Crippen LogP contribution in [0.5, 0.6) is 0 Å². The summed E-state index contributed by atoms with van der Waals surface area (Å²) in [5.41, 5.74) is 8.30. The van der Waals surface area contributed by atoms with Crippen molar-refractivity contribution in [2.75, 3.05) is 0 Å². The Morgan fingerprint density at radius 1 is 1.27 bits per heavy atom. The molecule has 0 fully saturated rings. The third-order valence-corrected chi connectivity index (χ3v) is 2.63. The van der Waals surface area contributed by atoms with Crippen LogP contribution in [-0.2, 0) is 0 Å². The molecule has 15 heavy (non-hydrogen) atoms. The molecule has 0 saturated carbocycles. The highest BCUT2D eigenvalue weighted by Crippen LogP contribution is 2.25. The van der Waals surface area contributed by atoms with Crippen LogP contribution in [0.15, 0.2) is 24.4 Å². The molecule has 0 radical (unpaired) electrons. The van der Waals surface area contributed by atoms with Crippen molar-refractivity contribution < 1.29 is 0 Å². The summed E-state index contributed by atoms with van der Waals surface area (Å²) in [6, 6.07) is 6.60. The van der Waals surface area contributed by atoms with Crippen molar-refractivity contribution in [1.82, 2.24) is 9.78 Å². The third kappa shape index (κ3) is 1.63. The zero-order chi connectivity index (χ0) is 11.0. The highest BCUT2D eigenvalue weighted by atomic mass is 15.3. The van der Waals surface area contributed by atoms with Crippen LogP contribution >= 0.6 is 0 Å². The van der Waals surface area contributed by atoms with E-state index in [9.17, 15) is 0 Å². The first-order chi connectivity index (χ1) is 7.11. The van der Waals surface area contributed by atoms with Gasteiger partial charge in [-0.25, -0.2) is 0 Å². The Morgan fingerprint density at radius 2 is 2.00 bits per heavy atom. The number of fused-ring (bicyclic) bond motifs is 1. The summed E-state index contributed by atoms with van der Waals surface area (Å²) in [4.78, 5) is 0. The van der Waals surface area contributed by atoms with Gasteiger partial charge in [0.2, 0.25) is 0 Å². The molecule has 2 aromatic rings. The third-order valence-electron chi connectivity index (χ3n) is 2.63. The Morgan fingerprint density at radius 3 is 2.60 bits per heavy atom. The number of aromatic nitrogens is 2. The Hall–Kier alpha value is -1.35. The molecule has 0 bridgehead atoms. The van der Waals surface area contributed by atoms with Crippen molar-refractivity contribution in [1.29, 1.82) is 0 Å². The Kier molecular flexibility index (Phi) is 2.49. The van der Waals surface area contributed by atoms with E-state index in [0.717, 1.165) is 0 Å². The van der Waals surface area contributed by atoms with E-state index in [-0.39, 0.29) is 6.04 Å². The minimum atomic E-state index is 0.0444. The summed E-state index contributed by atoms with van der Waals surface area (Å²) >= 11 is 0. The van der Waals surface area contributed by atoms with E-state index in [4.69, 9.17) is 5.73 Å². The summed E-state index contributed by atoms with van der Waals surface area (Å²) < 4.78 is 2.04. The van der Waals surface area contributed by atoms with Crippen LogP contribution in [0.3, 0.4) is 0 Å². The van der Waals surface area contributed by atoms with Gasteiger partial charge in [0.1, 0.15) is 0 Å². The van der Waals surface area contributed by atoms with Crippen molar-refractivity contribution in [3.05, 3.63) is 30.0 Å². The fourth-order valence-electron chi connectivity index (χ4n) is 1.89. The molecular formula is C12H17N3. The van der Waals surface area contributed by atoms with Gasteiger partial charge in [-0.15, -0.1) is 0 Å². The molecule has 0 spiro atoms. The molecule has 80 valence electrons. The van der Waals surface area contributed by atoms with Crippen LogP contribution < -0.4 is 5.73 Å². The van der Waals surface area contributed by atoms with Gasteiger partial charge in [-0.2, -0.15) is 5.10 Å². The molecular weight excluding hydrogens is 186 g/mol. The van der Waals surface area contributed by atoms with Crippen molar-refractivity contribution in [3.63, 3.8) is 0 Å². The predicted octanol–water partition coefficient (Wildman–Crippen LogP) is 2.64. The highest BCUT2D eigenvalue weighted by Gasteiger charge is 2.12.